The van der Waals surface area contributed by atoms with Crippen LogP contribution in [0.15, 0.2) is 60.7 Å². The molecule has 0 atom stereocenters. The minimum atomic E-state index is -0.601. The monoisotopic (exact) mass is 406 g/mol. The van der Waals surface area contributed by atoms with Crippen LogP contribution in [0.3, 0.4) is 0 Å². The largest absolute Gasteiger partial charge is 0.496 e. The number of benzene rings is 3. The standard InChI is InChI=1S/C23H22N2O5/c1-25(2)22(27)15-8-10-16(11-9-15)24-21(26)14-30-23(28)19-12-13-20(29-3)18-7-5-4-6-17(18)19/h4-13H,14H2,1-3H3,(H,24,26). The Morgan fingerprint density at radius 2 is 1.57 bits per heavy atom. The van der Waals surface area contributed by atoms with E-state index in [1.165, 1.54) is 4.90 Å². The van der Waals surface area contributed by atoms with Crippen LogP contribution in [0.2, 0.25) is 0 Å². The number of carbonyl (C=O) groups is 3. The summed E-state index contributed by atoms with van der Waals surface area (Å²) in [6.07, 6.45) is 0. The molecule has 7 nitrogen and oxygen atoms in total. The molecule has 0 saturated carbocycles. The molecule has 0 spiro atoms. The second-order valence-corrected chi connectivity index (χ2v) is 6.76. The van der Waals surface area contributed by atoms with E-state index in [-0.39, 0.29) is 5.91 Å². The number of rotatable bonds is 6. The van der Waals surface area contributed by atoms with Gasteiger partial charge in [-0.3, -0.25) is 9.59 Å². The minimum absolute atomic E-state index is 0.131. The number of nitrogens with zero attached hydrogens (tertiary/aromatic N) is 1. The van der Waals surface area contributed by atoms with Gasteiger partial charge in [-0.15, -0.1) is 0 Å². The lowest BCUT2D eigenvalue weighted by Crippen LogP contribution is -2.22. The van der Waals surface area contributed by atoms with Gasteiger partial charge >= 0.3 is 5.97 Å². The van der Waals surface area contributed by atoms with Gasteiger partial charge in [-0.1, -0.05) is 24.3 Å². The van der Waals surface area contributed by atoms with Crippen LogP contribution < -0.4 is 10.1 Å². The van der Waals surface area contributed by atoms with Crippen molar-refractivity contribution in [2.24, 2.45) is 0 Å². The predicted octanol–water partition coefficient (Wildman–Crippen LogP) is 3.35. The zero-order valence-electron chi connectivity index (χ0n) is 17.0. The van der Waals surface area contributed by atoms with Crippen LogP contribution in [0.5, 0.6) is 5.75 Å². The molecule has 0 heterocycles. The molecule has 154 valence electrons. The Balaban J connectivity index is 1.63. The lowest BCUT2D eigenvalue weighted by molar-refractivity contribution is -0.119. The highest BCUT2D eigenvalue weighted by Crippen LogP contribution is 2.28. The molecule has 30 heavy (non-hydrogen) atoms. The summed E-state index contributed by atoms with van der Waals surface area (Å²) >= 11 is 0. The Bertz CT molecular complexity index is 1090. The highest BCUT2D eigenvalue weighted by molar-refractivity contribution is 6.07. The molecule has 2 amide bonds. The van der Waals surface area contributed by atoms with Gasteiger partial charge in [0.15, 0.2) is 6.61 Å². The molecule has 3 aromatic rings. The van der Waals surface area contributed by atoms with E-state index in [0.29, 0.717) is 28.0 Å². The molecule has 0 fully saturated rings. The maximum absolute atomic E-state index is 12.5. The Morgan fingerprint density at radius 3 is 2.20 bits per heavy atom. The van der Waals surface area contributed by atoms with Gasteiger partial charge < -0.3 is 19.7 Å². The van der Waals surface area contributed by atoms with Gasteiger partial charge in [0.05, 0.1) is 12.7 Å². The second-order valence-electron chi connectivity index (χ2n) is 6.76. The smallest absolute Gasteiger partial charge is 0.339 e. The molecule has 0 aliphatic carbocycles. The first-order valence-corrected chi connectivity index (χ1v) is 9.25. The van der Waals surface area contributed by atoms with Gasteiger partial charge in [-0.25, -0.2) is 4.79 Å². The van der Waals surface area contributed by atoms with Crippen molar-refractivity contribution in [1.29, 1.82) is 0 Å². The van der Waals surface area contributed by atoms with Gasteiger partial charge in [0.2, 0.25) is 0 Å². The number of esters is 1. The number of anilines is 1. The van der Waals surface area contributed by atoms with E-state index in [4.69, 9.17) is 9.47 Å². The Hall–Kier alpha value is -3.87. The molecule has 1 N–H and O–H groups in total. The fourth-order valence-corrected chi connectivity index (χ4v) is 2.99. The molecule has 0 radical (unpaired) electrons. The first-order chi connectivity index (χ1) is 14.4. The van der Waals surface area contributed by atoms with Gasteiger partial charge in [-0.05, 0) is 41.8 Å². The number of ether oxygens (including phenoxy) is 2. The van der Waals surface area contributed by atoms with Crippen LogP contribution in [0.1, 0.15) is 20.7 Å². The van der Waals surface area contributed by atoms with Crippen LogP contribution in [-0.4, -0.2) is 50.5 Å². The summed E-state index contributed by atoms with van der Waals surface area (Å²) in [5.41, 5.74) is 1.36. The van der Waals surface area contributed by atoms with Gasteiger partial charge in [0.25, 0.3) is 11.8 Å². The first-order valence-electron chi connectivity index (χ1n) is 9.25. The van der Waals surface area contributed by atoms with Crippen molar-refractivity contribution >= 4 is 34.2 Å². The van der Waals surface area contributed by atoms with Crippen molar-refractivity contribution in [2.75, 3.05) is 33.1 Å². The predicted molar refractivity (Wildman–Crippen MR) is 114 cm³/mol. The summed E-state index contributed by atoms with van der Waals surface area (Å²) < 4.78 is 10.5. The second kappa shape index (κ2) is 9.09. The number of hydrogen-bond acceptors (Lipinski definition) is 5. The molecule has 3 aromatic carbocycles. The summed E-state index contributed by atoms with van der Waals surface area (Å²) in [4.78, 5) is 38.0. The van der Waals surface area contributed by atoms with Crippen LogP contribution in [0.25, 0.3) is 10.8 Å². The average molecular weight is 406 g/mol. The molecule has 0 unspecified atom stereocenters. The average Bonchev–Trinajstić information content (AvgIpc) is 2.76. The van der Waals surface area contributed by atoms with Gasteiger partial charge in [0.1, 0.15) is 5.75 Å². The molecular formula is C23H22N2O5. The Morgan fingerprint density at radius 1 is 0.900 bits per heavy atom. The number of nitrogens with one attached hydrogen (secondary N) is 1. The molecule has 0 aliphatic heterocycles. The number of carbonyl (C=O) groups excluding carboxylic acids is 3. The summed E-state index contributed by atoms with van der Waals surface area (Å²) in [7, 11) is 4.89. The van der Waals surface area contributed by atoms with E-state index in [1.807, 2.05) is 18.2 Å². The van der Waals surface area contributed by atoms with Gasteiger partial charge in [-0.2, -0.15) is 0 Å². The number of amides is 2. The first kappa shape index (κ1) is 20.9. The number of hydrogen-bond donors (Lipinski definition) is 1. The summed E-state index contributed by atoms with van der Waals surface area (Å²) in [6.45, 7) is -0.433. The highest BCUT2D eigenvalue weighted by Gasteiger charge is 2.16. The van der Waals surface area contributed by atoms with Crippen molar-refractivity contribution in [3.63, 3.8) is 0 Å². The molecule has 0 aromatic heterocycles. The fourth-order valence-electron chi connectivity index (χ4n) is 2.99. The lowest BCUT2D eigenvalue weighted by atomic mass is 10.0. The van der Waals surface area contributed by atoms with Gasteiger partial charge in [0, 0.05) is 30.7 Å². The quantitative estimate of drug-likeness (QED) is 0.635. The summed E-state index contributed by atoms with van der Waals surface area (Å²) in [6, 6.07) is 17.1. The van der Waals surface area contributed by atoms with Crippen molar-refractivity contribution < 1.29 is 23.9 Å². The molecule has 0 saturated heterocycles. The van der Waals surface area contributed by atoms with Crippen LogP contribution in [-0.2, 0) is 9.53 Å². The molecular weight excluding hydrogens is 384 g/mol. The Kier molecular flexibility index (Phi) is 6.32. The van der Waals surface area contributed by atoms with Crippen LogP contribution in [0, 0.1) is 0 Å². The van der Waals surface area contributed by atoms with E-state index in [2.05, 4.69) is 5.32 Å². The summed E-state index contributed by atoms with van der Waals surface area (Å²) in [5, 5.41) is 4.11. The maximum Gasteiger partial charge on any atom is 0.339 e. The third-order valence-corrected chi connectivity index (χ3v) is 4.48. The SMILES string of the molecule is COc1ccc(C(=O)OCC(=O)Nc2ccc(C(=O)N(C)C)cc2)c2ccccc12. The number of methoxy groups -OCH3 is 1. The molecule has 0 aliphatic rings. The van der Waals surface area contributed by atoms with Crippen molar-refractivity contribution in [2.45, 2.75) is 0 Å². The Labute approximate surface area is 174 Å². The third-order valence-electron chi connectivity index (χ3n) is 4.48. The van der Waals surface area contributed by atoms with Crippen LogP contribution in [0.4, 0.5) is 5.69 Å². The van der Waals surface area contributed by atoms with E-state index in [1.54, 1.807) is 63.7 Å². The third kappa shape index (κ3) is 4.57. The zero-order valence-corrected chi connectivity index (χ0v) is 17.0. The molecule has 3 rings (SSSR count). The van der Waals surface area contributed by atoms with Crippen molar-refractivity contribution in [3.8, 4) is 5.75 Å². The normalized spacial score (nSPS) is 10.4. The van der Waals surface area contributed by atoms with Crippen molar-refractivity contribution in [1.82, 2.24) is 4.90 Å². The molecule has 0 bridgehead atoms. The highest BCUT2D eigenvalue weighted by atomic mass is 16.5. The maximum atomic E-state index is 12.5. The number of fused-ring (bicyclic) bond motifs is 1. The van der Waals surface area contributed by atoms with Crippen LogP contribution >= 0.6 is 0 Å². The van der Waals surface area contributed by atoms with E-state index < -0.39 is 18.5 Å². The van der Waals surface area contributed by atoms with E-state index >= 15 is 0 Å². The molecule has 7 heteroatoms. The fraction of sp³-hybridized carbons (Fsp3) is 0.174. The van der Waals surface area contributed by atoms with Crippen molar-refractivity contribution in [3.05, 3.63) is 71.8 Å². The minimum Gasteiger partial charge on any atom is -0.496 e. The van der Waals surface area contributed by atoms with E-state index in [0.717, 1.165) is 5.39 Å². The summed E-state index contributed by atoms with van der Waals surface area (Å²) in [5.74, 6) is -0.562. The topological polar surface area (TPSA) is 84.9 Å². The zero-order chi connectivity index (χ0) is 21.7. The lowest BCUT2D eigenvalue weighted by Gasteiger charge is -2.12. The van der Waals surface area contributed by atoms with E-state index in [9.17, 15) is 14.4 Å².